The fourth-order valence-corrected chi connectivity index (χ4v) is 2.25. The summed E-state index contributed by atoms with van der Waals surface area (Å²) in [5.74, 6) is 0. The average molecular weight is 303 g/mol. The zero-order chi connectivity index (χ0) is 15.8. The molecule has 1 atom stereocenters. The maximum atomic E-state index is 12.7. The first-order valence-electron chi connectivity index (χ1n) is 6.58. The zero-order valence-electron chi connectivity index (χ0n) is 11.6. The third kappa shape index (κ3) is 3.29. The van der Waals surface area contributed by atoms with Crippen LogP contribution in [0.15, 0.2) is 18.2 Å². The predicted molar refractivity (Wildman–Crippen MR) is 69.9 cm³/mol. The van der Waals surface area contributed by atoms with Crippen molar-refractivity contribution in [2.75, 3.05) is 4.90 Å². The number of anilines is 1. The van der Waals surface area contributed by atoms with Crippen molar-refractivity contribution in [1.82, 2.24) is 0 Å². The summed E-state index contributed by atoms with van der Waals surface area (Å²) in [5, 5.41) is 9.93. The second kappa shape index (κ2) is 5.55. The van der Waals surface area contributed by atoms with Crippen LogP contribution in [0.2, 0.25) is 0 Å². The Hall–Kier alpha value is -1.76. The minimum Gasteiger partial charge on any atom is -0.446 e. The summed E-state index contributed by atoms with van der Waals surface area (Å²) >= 11 is 0. The number of hydrogen-bond donors (Lipinski definition) is 1. The van der Waals surface area contributed by atoms with E-state index in [1.807, 2.05) is 0 Å². The number of ether oxygens (including phenoxy) is 1. The van der Waals surface area contributed by atoms with Crippen molar-refractivity contribution in [2.45, 2.75) is 45.2 Å². The van der Waals surface area contributed by atoms with E-state index in [2.05, 4.69) is 0 Å². The molecule has 1 aliphatic rings. The Bertz CT molecular complexity index is 543. The number of alkyl halides is 3. The van der Waals surface area contributed by atoms with Gasteiger partial charge < -0.3 is 9.84 Å². The average Bonchev–Trinajstić information content (AvgIpc) is 2.35. The van der Waals surface area contributed by atoms with Crippen molar-refractivity contribution in [3.63, 3.8) is 0 Å². The first-order valence-corrected chi connectivity index (χ1v) is 6.58. The molecule has 1 aliphatic heterocycles. The van der Waals surface area contributed by atoms with Crippen molar-refractivity contribution in [1.29, 1.82) is 0 Å². The van der Waals surface area contributed by atoms with Crippen LogP contribution < -0.4 is 4.90 Å². The standard InChI is InChI=1S/C14H16F3NO3/c1-8(2)21-13(20)18-11-5-4-10(14(15,16)17)7-9(11)3-6-12(18)19/h4-5,7-8,12,19H,3,6H2,1-2H3. The molecular weight excluding hydrogens is 287 g/mol. The molecule has 0 radical (unpaired) electrons. The van der Waals surface area contributed by atoms with Crippen molar-refractivity contribution in [2.24, 2.45) is 0 Å². The van der Waals surface area contributed by atoms with Crippen LogP contribution in [0.4, 0.5) is 23.7 Å². The lowest BCUT2D eigenvalue weighted by molar-refractivity contribution is -0.137. The molecule has 1 N–H and O–H groups in total. The minimum absolute atomic E-state index is 0.168. The number of aliphatic hydroxyl groups excluding tert-OH is 1. The Kier molecular flexibility index (Phi) is 4.13. The molecule has 1 unspecified atom stereocenters. The van der Waals surface area contributed by atoms with E-state index in [1.165, 1.54) is 6.07 Å². The van der Waals surface area contributed by atoms with Crippen LogP contribution in [-0.2, 0) is 17.3 Å². The molecule has 2 rings (SSSR count). The van der Waals surface area contributed by atoms with E-state index in [9.17, 15) is 23.1 Å². The molecule has 7 heteroatoms. The van der Waals surface area contributed by atoms with Crippen LogP contribution in [0.1, 0.15) is 31.4 Å². The SMILES string of the molecule is CC(C)OC(=O)N1c2ccc(C(F)(F)F)cc2CCC1O. The molecule has 1 aromatic carbocycles. The van der Waals surface area contributed by atoms with Gasteiger partial charge in [-0.3, -0.25) is 4.90 Å². The summed E-state index contributed by atoms with van der Waals surface area (Å²) in [6, 6.07) is 3.10. The van der Waals surface area contributed by atoms with Crippen molar-refractivity contribution in [3.05, 3.63) is 29.3 Å². The number of aliphatic hydroxyl groups is 1. The van der Waals surface area contributed by atoms with Crippen LogP contribution in [0.3, 0.4) is 0 Å². The number of nitrogens with zero attached hydrogens (tertiary/aromatic N) is 1. The maximum absolute atomic E-state index is 12.7. The number of amides is 1. The summed E-state index contributed by atoms with van der Waals surface area (Å²) in [7, 11) is 0. The highest BCUT2D eigenvalue weighted by Gasteiger charge is 2.35. The normalized spacial score (nSPS) is 18.6. The van der Waals surface area contributed by atoms with Gasteiger partial charge in [-0.05, 0) is 50.5 Å². The first-order chi connectivity index (χ1) is 9.70. The monoisotopic (exact) mass is 303 g/mol. The number of carbonyl (C=O) groups is 1. The van der Waals surface area contributed by atoms with E-state index in [4.69, 9.17) is 4.74 Å². The van der Waals surface area contributed by atoms with Gasteiger partial charge in [-0.25, -0.2) is 4.79 Å². The van der Waals surface area contributed by atoms with E-state index in [0.717, 1.165) is 17.0 Å². The van der Waals surface area contributed by atoms with Gasteiger partial charge in [0.15, 0.2) is 0 Å². The van der Waals surface area contributed by atoms with Crippen LogP contribution >= 0.6 is 0 Å². The lowest BCUT2D eigenvalue weighted by Gasteiger charge is -2.34. The number of carbonyl (C=O) groups excluding carboxylic acids is 1. The Labute approximate surface area is 120 Å². The lowest BCUT2D eigenvalue weighted by atomic mass is 9.98. The van der Waals surface area contributed by atoms with Gasteiger partial charge in [-0.2, -0.15) is 13.2 Å². The fourth-order valence-electron chi connectivity index (χ4n) is 2.25. The summed E-state index contributed by atoms with van der Waals surface area (Å²) in [6.45, 7) is 3.31. The topological polar surface area (TPSA) is 49.8 Å². The highest BCUT2D eigenvalue weighted by molar-refractivity contribution is 5.89. The number of benzene rings is 1. The van der Waals surface area contributed by atoms with Gasteiger partial charge in [-0.15, -0.1) is 0 Å². The molecule has 1 heterocycles. The van der Waals surface area contributed by atoms with Crippen LogP contribution in [-0.4, -0.2) is 23.5 Å². The van der Waals surface area contributed by atoms with E-state index < -0.39 is 24.1 Å². The van der Waals surface area contributed by atoms with Gasteiger partial charge in [0.25, 0.3) is 0 Å². The van der Waals surface area contributed by atoms with Crippen LogP contribution in [0.25, 0.3) is 0 Å². The molecule has 21 heavy (non-hydrogen) atoms. The van der Waals surface area contributed by atoms with Crippen molar-refractivity contribution in [3.8, 4) is 0 Å². The Balaban J connectivity index is 2.37. The molecule has 116 valence electrons. The van der Waals surface area contributed by atoms with Gasteiger partial charge in [0.1, 0.15) is 6.23 Å². The lowest BCUT2D eigenvalue weighted by Crippen LogP contribution is -2.44. The number of rotatable bonds is 1. The quantitative estimate of drug-likeness (QED) is 0.866. The second-order valence-electron chi connectivity index (χ2n) is 5.16. The van der Waals surface area contributed by atoms with Gasteiger partial charge in [0.05, 0.1) is 17.4 Å². The van der Waals surface area contributed by atoms with E-state index in [-0.39, 0.29) is 24.6 Å². The van der Waals surface area contributed by atoms with Gasteiger partial charge in [-0.1, -0.05) is 0 Å². The molecule has 4 nitrogen and oxygen atoms in total. The first kappa shape index (κ1) is 15.6. The number of halogens is 3. The molecule has 0 saturated carbocycles. The molecule has 1 aromatic rings. The van der Waals surface area contributed by atoms with E-state index in [0.29, 0.717) is 5.56 Å². The number of hydrogen-bond acceptors (Lipinski definition) is 3. The van der Waals surface area contributed by atoms with Gasteiger partial charge >= 0.3 is 12.3 Å². The zero-order valence-corrected chi connectivity index (χ0v) is 11.6. The van der Waals surface area contributed by atoms with Gasteiger partial charge in [0, 0.05) is 0 Å². The third-order valence-electron chi connectivity index (χ3n) is 3.17. The fraction of sp³-hybridized carbons (Fsp3) is 0.500. The van der Waals surface area contributed by atoms with Crippen LogP contribution in [0, 0.1) is 0 Å². The third-order valence-corrected chi connectivity index (χ3v) is 3.17. The Morgan fingerprint density at radius 3 is 2.67 bits per heavy atom. The molecule has 1 amide bonds. The predicted octanol–water partition coefficient (Wildman–Crippen LogP) is 3.32. The Morgan fingerprint density at radius 1 is 1.43 bits per heavy atom. The summed E-state index contributed by atoms with van der Waals surface area (Å²) in [4.78, 5) is 13.0. The molecular formula is C14H16F3NO3. The Morgan fingerprint density at radius 2 is 2.10 bits per heavy atom. The second-order valence-corrected chi connectivity index (χ2v) is 5.16. The highest BCUT2D eigenvalue weighted by atomic mass is 19.4. The number of aryl methyl sites for hydroxylation is 1. The van der Waals surface area contributed by atoms with E-state index in [1.54, 1.807) is 13.8 Å². The largest absolute Gasteiger partial charge is 0.446 e. The molecule has 0 aromatic heterocycles. The summed E-state index contributed by atoms with van der Waals surface area (Å²) in [5.41, 5.74) is -0.141. The maximum Gasteiger partial charge on any atom is 0.416 e. The summed E-state index contributed by atoms with van der Waals surface area (Å²) in [6.07, 6.45) is -6.25. The van der Waals surface area contributed by atoms with Crippen molar-refractivity contribution >= 4 is 11.8 Å². The number of fused-ring (bicyclic) bond motifs is 1. The summed E-state index contributed by atoms with van der Waals surface area (Å²) < 4.78 is 43.1. The molecule has 0 fully saturated rings. The van der Waals surface area contributed by atoms with Crippen molar-refractivity contribution < 1.29 is 27.8 Å². The molecule has 0 bridgehead atoms. The molecule has 0 saturated heterocycles. The molecule has 0 spiro atoms. The highest BCUT2D eigenvalue weighted by Crippen LogP contribution is 2.36. The van der Waals surface area contributed by atoms with Crippen LogP contribution in [0.5, 0.6) is 0 Å². The smallest absolute Gasteiger partial charge is 0.416 e. The van der Waals surface area contributed by atoms with Gasteiger partial charge in [0.2, 0.25) is 0 Å². The molecule has 0 aliphatic carbocycles. The van der Waals surface area contributed by atoms with E-state index >= 15 is 0 Å². The minimum atomic E-state index is -4.44.